The Bertz CT molecular complexity index is 428. The highest BCUT2D eigenvalue weighted by Gasteiger charge is 2.33. The average molecular weight is 305 g/mol. The predicted octanol–water partition coefficient (Wildman–Crippen LogP) is 0.0740. The van der Waals surface area contributed by atoms with Gasteiger partial charge in [-0.05, 0) is 32.5 Å². The van der Waals surface area contributed by atoms with E-state index in [1.165, 1.54) is 0 Å². The van der Waals surface area contributed by atoms with Crippen LogP contribution in [0.25, 0.3) is 0 Å². The number of rotatable bonds is 2. The van der Waals surface area contributed by atoms with E-state index in [9.17, 15) is 8.42 Å². The molecule has 19 heavy (non-hydrogen) atoms. The van der Waals surface area contributed by atoms with E-state index < -0.39 is 9.84 Å². The Morgan fingerprint density at radius 1 is 1.26 bits per heavy atom. The number of nitrogens with zero attached hydrogens (tertiary/aromatic N) is 2. The quantitative estimate of drug-likeness (QED) is 0.729. The maximum atomic E-state index is 11.5. The third-order valence-corrected chi connectivity index (χ3v) is 5.86. The number of hydrogen-bond acceptors (Lipinski definition) is 4. The van der Waals surface area contributed by atoms with Crippen molar-refractivity contribution in [1.82, 2.24) is 15.1 Å². The topological polar surface area (TPSA) is 52.6 Å². The summed E-state index contributed by atoms with van der Waals surface area (Å²) in [7, 11) is -2.78. The van der Waals surface area contributed by atoms with Gasteiger partial charge in [0.25, 0.3) is 0 Å². The zero-order chi connectivity index (χ0) is 14.0. The normalized spacial score (nSPS) is 27.7. The minimum absolute atomic E-state index is 0.221. The maximum Gasteiger partial charge on any atom is 0.169 e. The first kappa shape index (κ1) is 15.0. The third kappa shape index (κ3) is 4.03. The zero-order valence-corrected chi connectivity index (χ0v) is 13.3. The van der Waals surface area contributed by atoms with E-state index in [0.29, 0.717) is 17.5 Å². The Morgan fingerprint density at radius 2 is 1.89 bits per heavy atom. The second kappa shape index (κ2) is 5.93. The highest BCUT2D eigenvalue weighted by Crippen LogP contribution is 2.19. The van der Waals surface area contributed by atoms with Gasteiger partial charge in [0.1, 0.15) is 0 Å². The Labute approximate surface area is 121 Å². The standard InChI is InChI=1S/C12H23N3O2S2/c1-10(2)13-12(18)15-6-4-14(5-7-15)11-3-8-19(16,17)9-11/h10-11H,3-9H2,1-2H3,(H,13,18)/t11-/m0/s1. The van der Waals surface area contributed by atoms with Crippen molar-refractivity contribution in [2.75, 3.05) is 37.7 Å². The van der Waals surface area contributed by atoms with Gasteiger partial charge in [-0.1, -0.05) is 0 Å². The minimum atomic E-state index is -2.78. The van der Waals surface area contributed by atoms with E-state index in [4.69, 9.17) is 12.2 Å². The molecule has 0 unspecified atom stereocenters. The summed E-state index contributed by atoms with van der Waals surface area (Å²) in [6.07, 6.45) is 0.789. The van der Waals surface area contributed by atoms with E-state index in [2.05, 4.69) is 29.0 Å². The molecule has 7 heteroatoms. The van der Waals surface area contributed by atoms with Crippen molar-refractivity contribution in [3.8, 4) is 0 Å². The Hall–Kier alpha value is -0.400. The number of hydrogen-bond donors (Lipinski definition) is 1. The van der Waals surface area contributed by atoms with Crippen LogP contribution in [-0.2, 0) is 9.84 Å². The Kier molecular flexibility index (Phi) is 4.68. The van der Waals surface area contributed by atoms with Crippen molar-refractivity contribution in [3.63, 3.8) is 0 Å². The van der Waals surface area contributed by atoms with Crippen LogP contribution in [-0.4, -0.2) is 73.1 Å². The highest BCUT2D eigenvalue weighted by molar-refractivity contribution is 7.91. The van der Waals surface area contributed by atoms with Gasteiger partial charge in [0.2, 0.25) is 0 Å². The molecule has 2 aliphatic rings. The first-order chi connectivity index (χ1) is 8.87. The van der Waals surface area contributed by atoms with Crippen LogP contribution in [0.2, 0.25) is 0 Å². The molecule has 0 bridgehead atoms. The van der Waals surface area contributed by atoms with Gasteiger partial charge in [-0.25, -0.2) is 8.42 Å². The highest BCUT2D eigenvalue weighted by atomic mass is 32.2. The molecule has 0 aliphatic carbocycles. The monoisotopic (exact) mass is 305 g/mol. The lowest BCUT2D eigenvalue weighted by Gasteiger charge is -2.39. The number of piperazine rings is 1. The smallest absolute Gasteiger partial charge is 0.169 e. The van der Waals surface area contributed by atoms with Crippen LogP contribution in [0.3, 0.4) is 0 Å². The van der Waals surface area contributed by atoms with Crippen molar-refractivity contribution in [1.29, 1.82) is 0 Å². The van der Waals surface area contributed by atoms with Crippen LogP contribution in [0.15, 0.2) is 0 Å². The van der Waals surface area contributed by atoms with E-state index in [-0.39, 0.29) is 6.04 Å². The molecule has 2 saturated heterocycles. The van der Waals surface area contributed by atoms with Crippen LogP contribution in [0.1, 0.15) is 20.3 Å². The van der Waals surface area contributed by atoms with Crippen LogP contribution in [0.5, 0.6) is 0 Å². The summed E-state index contributed by atoms with van der Waals surface area (Å²) in [4.78, 5) is 4.48. The van der Waals surface area contributed by atoms with E-state index in [1.807, 2.05) is 0 Å². The number of nitrogens with one attached hydrogen (secondary N) is 1. The molecule has 1 atom stereocenters. The fourth-order valence-electron chi connectivity index (χ4n) is 2.69. The van der Waals surface area contributed by atoms with Crippen molar-refractivity contribution in [2.45, 2.75) is 32.4 Å². The molecule has 0 radical (unpaired) electrons. The summed E-state index contributed by atoms with van der Waals surface area (Å²) in [5.41, 5.74) is 0. The van der Waals surface area contributed by atoms with Gasteiger partial charge in [-0.15, -0.1) is 0 Å². The summed E-state index contributed by atoms with van der Waals surface area (Å²) < 4.78 is 23.0. The van der Waals surface area contributed by atoms with Gasteiger partial charge in [0.05, 0.1) is 11.5 Å². The lowest BCUT2D eigenvalue weighted by atomic mass is 10.2. The maximum absolute atomic E-state index is 11.5. The van der Waals surface area contributed by atoms with Gasteiger partial charge < -0.3 is 10.2 Å². The van der Waals surface area contributed by atoms with E-state index >= 15 is 0 Å². The van der Waals surface area contributed by atoms with E-state index in [1.54, 1.807) is 0 Å². The molecule has 0 aromatic heterocycles. The van der Waals surface area contributed by atoms with Gasteiger partial charge in [0.15, 0.2) is 14.9 Å². The molecule has 0 aromatic carbocycles. The predicted molar refractivity (Wildman–Crippen MR) is 81.1 cm³/mol. The summed E-state index contributed by atoms with van der Waals surface area (Å²) in [6, 6.07) is 0.573. The third-order valence-electron chi connectivity index (χ3n) is 3.74. The minimum Gasteiger partial charge on any atom is -0.360 e. The van der Waals surface area contributed by atoms with Gasteiger partial charge >= 0.3 is 0 Å². The van der Waals surface area contributed by atoms with Gasteiger partial charge in [-0.2, -0.15) is 0 Å². The molecule has 1 N–H and O–H groups in total. The van der Waals surface area contributed by atoms with Crippen molar-refractivity contribution < 1.29 is 8.42 Å². The molecule has 2 rings (SSSR count). The molecule has 5 nitrogen and oxygen atoms in total. The van der Waals surface area contributed by atoms with E-state index in [0.717, 1.165) is 37.7 Å². The summed E-state index contributed by atoms with van der Waals surface area (Å²) in [5, 5.41) is 4.07. The largest absolute Gasteiger partial charge is 0.360 e. The molecule has 110 valence electrons. The molecule has 2 heterocycles. The molecule has 2 aliphatic heterocycles. The van der Waals surface area contributed by atoms with Crippen LogP contribution >= 0.6 is 12.2 Å². The number of sulfone groups is 1. The Balaban J connectivity index is 1.81. The lowest BCUT2D eigenvalue weighted by Crippen LogP contribution is -2.55. The molecule has 0 spiro atoms. The lowest BCUT2D eigenvalue weighted by molar-refractivity contribution is 0.142. The first-order valence-corrected chi connectivity index (χ1v) is 9.10. The second-order valence-electron chi connectivity index (χ2n) is 5.68. The fraction of sp³-hybridized carbons (Fsp3) is 0.917. The molecule has 2 fully saturated rings. The summed E-state index contributed by atoms with van der Waals surface area (Å²) >= 11 is 5.36. The Morgan fingerprint density at radius 3 is 2.37 bits per heavy atom. The second-order valence-corrected chi connectivity index (χ2v) is 8.30. The van der Waals surface area contributed by atoms with Crippen molar-refractivity contribution in [2.24, 2.45) is 0 Å². The van der Waals surface area contributed by atoms with Crippen LogP contribution in [0.4, 0.5) is 0 Å². The average Bonchev–Trinajstić information content (AvgIpc) is 2.69. The number of thiocarbonyl (C=S) groups is 1. The molecule has 0 aromatic rings. The molecular formula is C12H23N3O2S2. The van der Waals surface area contributed by atoms with Gasteiger partial charge in [0, 0.05) is 38.3 Å². The molecule has 0 saturated carbocycles. The summed E-state index contributed by atoms with van der Waals surface area (Å²) in [5.74, 6) is 0.687. The van der Waals surface area contributed by atoms with Gasteiger partial charge in [-0.3, -0.25) is 4.90 Å². The first-order valence-electron chi connectivity index (χ1n) is 6.87. The molecular weight excluding hydrogens is 282 g/mol. The van der Waals surface area contributed by atoms with Crippen LogP contribution in [0, 0.1) is 0 Å². The molecule has 0 amide bonds. The van der Waals surface area contributed by atoms with Crippen molar-refractivity contribution >= 4 is 27.2 Å². The fourth-order valence-corrected chi connectivity index (χ4v) is 4.87. The summed E-state index contributed by atoms with van der Waals surface area (Å²) in [6.45, 7) is 7.72. The SMILES string of the molecule is CC(C)NC(=S)N1CCN([C@H]2CCS(=O)(=O)C2)CC1. The zero-order valence-electron chi connectivity index (χ0n) is 11.6. The van der Waals surface area contributed by atoms with Crippen molar-refractivity contribution in [3.05, 3.63) is 0 Å². The van der Waals surface area contributed by atoms with Crippen LogP contribution < -0.4 is 5.32 Å².